The third-order valence-corrected chi connectivity index (χ3v) is 4.41. The summed E-state index contributed by atoms with van der Waals surface area (Å²) in [6, 6.07) is 3.34. The number of phenolic OH excluding ortho intramolecular Hbond substituents is 2. The van der Waals surface area contributed by atoms with Crippen LogP contribution in [0.25, 0.3) is 0 Å². The Bertz CT molecular complexity index is 486. The molecule has 0 amide bonds. The number of hydrogen-bond acceptors (Lipinski definition) is 5. The topological polar surface area (TPSA) is 79.0 Å². The van der Waals surface area contributed by atoms with Crippen molar-refractivity contribution in [2.24, 2.45) is 5.73 Å². The molecule has 2 heterocycles. The van der Waals surface area contributed by atoms with Gasteiger partial charge in [0.05, 0.1) is 18.8 Å². The molecule has 2 unspecified atom stereocenters. The quantitative estimate of drug-likeness (QED) is 0.717. The molecular weight excluding hydrogens is 256 g/mol. The molecule has 1 aromatic rings. The highest BCUT2D eigenvalue weighted by Crippen LogP contribution is 2.44. The molecule has 2 aliphatic rings. The van der Waals surface area contributed by atoms with Gasteiger partial charge in [-0.05, 0) is 37.6 Å². The van der Waals surface area contributed by atoms with E-state index >= 15 is 0 Å². The van der Waals surface area contributed by atoms with Crippen molar-refractivity contribution in [3.8, 4) is 11.5 Å². The first-order chi connectivity index (χ1) is 9.72. The van der Waals surface area contributed by atoms with Crippen LogP contribution in [0.4, 0.5) is 0 Å². The molecule has 1 fully saturated rings. The van der Waals surface area contributed by atoms with Gasteiger partial charge in [-0.15, -0.1) is 0 Å². The Labute approximate surface area is 119 Å². The van der Waals surface area contributed by atoms with E-state index in [9.17, 15) is 10.2 Å². The van der Waals surface area contributed by atoms with Crippen LogP contribution in [0.15, 0.2) is 12.1 Å². The smallest absolute Gasteiger partial charge is 0.162 e. The van der Waals surface area contributed by atoms with Gasteiger partial charge in [-0.3, -0.25) is 4.90 Å². The van der Waals surface area contributed by atoms with Crippen LogP contribution in [0, 0.1) is 0 Å². The van der Waals surface area contributed by atoms with Crippen molar-refractivity contribution in [2.75, 3.05) is 26.2 Å². The number of rotatable bonds is 2. The fourth-order valence-corrected chi connectivity index (χ4v) is 3.34. The van der Waals surface area contributed by atoms with Gasteiger partial charge >= 0.3 is 0 Å². The average molecular weight is 278 g/mol. The maximum Gasteiger partial charge on any atom is 0.162 e. The third-order valence-electron chi connectivity index (χ3n) is 4.41. The summed E-state index contributed by atoms with van der Waals surface area (Å²) < 4.78 is 5.85. The summed E-state index contributed by atoms with van der Waals surface area (Å²) in [6.45, 7) is 2.92. The van der Waals surface area contributed by atoms with Gasteiger partial charge in [0, 0.05) is 12.1 Å². The normalized spacial score (nSPS) is 27.2. The SMILES string of the molecule is NCC1OCC(N2CCCCC2)c2c1ccc(O)c2O. The molecule has 0 aliphatic carbocycles. The lowest BCUT2D eigenvalue weighted by Gasteiger charge is -2.40. The maximum atomic E-state index is 10.3. The predicted octanol–water partition coefficient (Wildman–Crippen LogP) is 1.65. The number of ether oxygens (including phenoxy) is 1. The third kappa shape index (κ3) is 2.26. The van der Waals surface area contributed by atoms with Crippen LogP contribution in [0.2, 0.25) is 0 Å². The molecule has 2 atom stereocenters. The number of piperidine rings is 1. The summed E-state index contributed by atoms with van der Waals surface area (Å²) in [5.74, 6) is -0.0803. The second-order valence-corrected chi connectivity index (χ2v) is 5.61. The van der Waals surface area contributed by atoms with E-state index in [2.05, 4.69) is 4.90 Å². The number of phenols is 2. The van der Waals surface area contributed by atoms with Gasteiger partial charge in [0.1, 0.15) is 0 Å². The van der Waals surface area contributed by atoms with Crippen LogP contribution in [0.1, 0.15) is 42.5 Å². The van der Waals surface area contributed by atoms with Crippen molar-refractivity contribution in [2.45, 2.75) is 31.4 Å². The van der Waals surface area contributed by atoms with Crippen molar-refractivity contribution in [3.05, 3.63) is 23.3 Å². The van der Waals surface area contributed by atoms with Gasteiger partial charge in [-0.1, -0.05) is 12.5 Å². The molecule has 0 bridgehead atoms. The van der Waals surface area contributed by atoms with Crippen molar-refractivity contribution in [1.82, 2.24) is 4.90 Å². The maximum absolute atomic E-state index is 10.3. The summed E-state index contributed by atoms with van der Waals surface area (Å²) in [7, 11) is 0. The number of aromatic hydroxyl groups is 2. The number of likely N-dealkylation sites (tertiary alicyclic amines) is 1. The molecule has 2 aliphatic heterocycles. The lowest BCUT2D eigenvalue weighted by Crippen LogP contribution is -2.40. The summed E-state index contributed by atoms with van der Waals surface area (Å²) >= 11 is 0. The number of hydrogen-bond donors (Lipinski definition) is 3. The highest BCUT2D eigenvalue weighted by Gasteiger charge is 2.34. The first kappa shape index (κ1) is 13.7. The fourth-order valence-electron chi connectivity index (χ4n) is 3.34. The number of nitrogens with zero attached hydrogens (tertiary/aromatic N) is 1. The average Bonchev–Trinajstić information content (AvgIpc) is 2.50. The molecule has 1 saturated heterocycles. The molecule has 5 nitrogen and oxygen atoms in total. The van der Waals surface area contributed by atoms with E-state index in [4.69, 9.17) is 10.5 Å². The first-order valence-corrected chi connectivity index (χ1v) is 7.33. The van der Waals surface area contributed by atoms with Gasteiger partial charge in [0.2, 0.25) is 0 Å². The van der Waals surface area contributed by atoms with E-state index in [0.29, 0.717) is 13.2 Å². The van der Waals surface area contributed by atoms with E-state index in [1.807, 2.05) is 6.07 Å². The van der Waals surface area contributed by atoms with Gasteiger partial charge in [0.25, 0.3) is 0 Å². The number of fused-ring (bicyclic) bond motifs is 1. The minimum atomic E-state index is -0.197. The van der Waals surface area contributed by atoms with E-state index in [1.54, 1.807) is 0 Å². The van der Waals surface area contributed by atoms with Gasteiger partial charge in [-0.25, -0.2) is 0 Å². The Morgan fingerprint density at radius 3 is 2.65 bits per heavy atom. The Balaban J connectivity index is 2.00. The summed E-state index contributed by atoms with van der Waals surface area (Å²) in [6.07, 6.45) is 3.41. The van der Waals surface area contributed by atoms with Crippen molar-refractivity contribution < 1.29 is 14.9 Å². The van der Waals surface area contributed by atoms with Crippen LogP contribution in [-0.4, -0.2) is 41.4 Å². The Morgan fingerprint density at radius 1 is 1.20 bits per heavy atom. The molecule has 110 valence electrons. The molecule has 0 spiro atoms. The van der Waals surface area contributed by atoms with Crippen LogP contribution >= 0.6 is 0 Å². The Morgan fingerprint density at radius 2 is 1.95 bits per heavy atom. The molecule has 0 aromatic heterocycles. The molecule has 20 heavy (non-hydrogen) atoms. The van der Waals surface area contributed by atoms with Crippen LogP contribution in [-0.2, 0) is 4.74 Å². The van der Waals surface area contributed by atoms with Crippen LogP contribution < -0.4 is 5.73 Å². The number of nitrogens with two attached hydrogens (primary N) is 1. The minimum Gasteiger partial charge on any atom is -0.504 e. The van der Waals surface area contributed by atoms with E-state index in [0.717, 1.165) is 24.2 Å². The lowest BCUT2D eigenvalue weighted by atomic mass is 9.90. The molecular formula is C15H22N2O3. The Kier molecular flexibility index (Phi) is 3.83. The zero-order valence-corrected chi connectivity index (χ0v) is 11.6. The van der Waals surface area contributed by atoms with Crippen molar-refractivity contribution in [1.29, 1.82) is 0 Å². The van der Waals surface area contributed by atoms with E-state index in [1.165, 1.54) is 25.3 Å². The van der Waals surface area contributed by atoms with E-state index < -0.39 is 0 Å². The van der Waals surface area contributed by atoms with Crippen LogP contribution in [0.5, 0.6) is 11.5 Å². The zero-order valence-electron chi connectivity index (χ0n) is 11.6. The summed E-state index contributed by atoms with van der Waals surface area (Å²) in [5.41, 5.74) is 7.45. The zero-order chi connectivity index (χ0) is 14.1. The second-order valence-electron chi connectivity index (χ2n) is 5.61. The molecule has 4 N–H and O–H groups in total. The minimum absolute atomic E-state index is 0.0141. The monoisotopic (exact) mass is 278 g/mol. The predicted molar refractivity (Wildman–Crippen MR) is 75.7 cm³/mol. The van der Waals surface area contributed by atoms with Crippen LogP contribution in [0.3, 0.4) is 0 Å². The Hall–Kier alpha value is -1.30. The molecule has 3 rings (SSSR count). The van der Waals surface area contributed by atoms with E-state index in [-0.39, 0.29) is 23.6 Å². The second kappa shape index (κ2) is 5.60. The summed E-state index contributed by atoms with van der Waals surface area (Å²) in [5, 5.41) is 20.1. The first-order valence-electron chi connectivity index (χ1n) is 7.33. The molecule has 0 radical (unpaired) electrons. The largest absolute Gasteiger partial charge is 0.504 e. The lowest BCUT2D eigenvalue weighted by molar-refractivity contribution is -0.0136. The standard InChI is InChI=1S/C15H22N2O3/c16-8-13-10-4-5-12(18)15(19)14(10)11(9-20-13)17-6-2-1-3-7-17/h4-5,11,13,18-19H,1-3,6-9,16H2. The molecule has 0 saturated carbocycles. The highest BCUT2D eigenvalue weighted by atomic mass is 16.5. The van der Waals surface area contributed by atoms with Crippen molar-refractivity contribution in [3.63, 3.8) is 0 Å². The number of benzene rings is 1. The molecule has 5 heteroatoms. The van der Waals surface area contributed by atoms with Crippen molar-refractivity contribution >= 4 is 0 Å². The summed E-state index contributed by atoms with van der Waals surface area (Å²) in [4.78, 5) is 2.34. The highest BCUT2D eigenvalue weighted by molar-refractivity contribution is 5.52. The van der Waals surface area contributed by atoms with Gasteiger partial charge < -0.3 is 20.7 Å². The fraction of sp³-hybridized carbons (Fsp3) is 0.600. The molecule has 1 aromatic carbocycles. The van der Waals surface area contributed by atoms with Gasteiger partial charge in [-0.2, -0.15) is 0 Å². The van der Waals surface area contributed by atoms with Gasteiger partial charge in [0.15, 0.2) is 11.5 Å².